The molecule has 1 fully saturated rings. The van der Waals surface area contributed by atoms with Crippen LogP contribution in [0.3, 0.4) is 0 Å². The molecule has 0 bridgehead atoms. The van der Waals surface area contributed by atoms with E-state index < -0.39 is 0 Å². The highest BCUT2D eigenvalue weighted by molar-refractivity contribution is 9.11. The molecule has 0 aliphatic carbocycles. The number of rotatable bonds is 5. The number of aromatic nitrogens is 2. The van der Waals surface area contributed by atoms with Crippen LogP contribution in [-0.4, -0.2) is 22.5 Å². The van der Waals surface area contributed by atoms with Gasteiger partial charge in [0.05, 0.1) is 28.3 Å². The van der Waals surface area contributed by atoms with Crippen LogP contribution in [0.1, 0.15) is 18.4 Å². The van der Waals surface area contributed by atoms with Gasteiger partial charge in [-0.1, -0.05) is 0 Å². The Hall–Kier alpha value is -0.850. The molecule has 1 atom stereocenters. The van der Waals surface area contributed by atoms with E-state index >= 15 is 0 Å². The smallest absolute Gasteiger partial charge is 0.0771 e. The van der Waals surface area contributed by atoms with Gasteiger partial charge in [-0.25, -0.2) is 0 Å². The Labute approximate surface area is 124 Å². The summed E-state index contributed by atoms with van der Waals surface area (Å²) >= 11 is 5.18. The lowest BCUT2D eigenvalue weighted by Gasteiger charge is -2.08. The summed E-state index contributed by atoms with van der Waals surface area (Å²) in [6.45, 7) is 2.57. The van der Waals surface area contributed by atoms with E-state index in [0.717, 1.165) is 31.8 Å². The van der Waals surface area contributed by atoms with E-state index in [-0.39, 0.29) is 0 Å². The number of nitrogens with zero attached hydrogens (tertiary/aromatic N) is 2. The first kappa shape index (κ1) is 13.1. The molecule has 2 aromatic heterocycles. The molecule has 0 radical (unpaired) electrons. The van der Waals surface area contributed by atoms with Gasteiger partial charge in [-0.2, -0.15) is 5.10 Å². The Morgan fingerprint density at radius 3 is 3.26 bits per heavy atom. The SMILES string of the molecule is Brc1cc(CNc2cnn(CC3CCCO3)c2)cs1. The molecule has 1 aliphatic heterocycles. The summed E-state index contributed by atoms with van der Waals surface area (Å²) in [5.41, 5.74) is 2.34. The third-order valence-corrected chi connectivity index (χ3v) is 4.72. The summed E-state index contributed by atoms with van der Waals surface area (Å²) in [5, 5.41) is 9.89. The Morgan fingerprint density at radius 2 is 2.53 bits per heavy atom. The van der Waals surface area contributed by atoms with E-state index in [9.17, 15) is 0 Å². The molecule has 102 valence electrons. The van der Waals surface area contributed by atoms with Crippen molar-refractivity contribution in [2.24, 2.45) is 0 Å². The van der Waals surface area contributed by atoms with E-state index in [0.29, 0.717) is 6.10 Å². The first-order valence-corrected chi connectivity index (χ1v) is 8.08. The second kappa shape index (κ2) is 6.07. The van der Waals surface area contributed by atoms with E-state index in [1.807, 2.05) is 17.1 Å². The Balaban J connectivity index is 1.52. The molecule has 3 rings (SSSR count). The quantitative estimate of drug-likeness (QED) is 0.904. The Bertz CT molecular complexity index is 533. The summed E-state index contributed by atoms with van der Waals surface area (Å²) in [6, 6.07) is 2.13. The van der Waals surface area contributed by atoms with Gasteiger partial charge in [-0.3, -0.25) is 4.68 Å². The lowest BCUT2D eigenvalue weighted by Crippen LogP contribution is -2.15. The van der Waals surface area contributed by atoms with Crippen LogP contribution in [-0.2, 0) is 17.8 Å². The van der Waals surface area contributed by atoms with Crippen molar-refractivity contribution >= 4 is 33.0 Å². The van der Waals surface area contributed by atoms with Crippen molar-refractivity contribution in [3.05, 3.63) is 33.2 Å². The normalized spacial score (nSPS) is 18.9. The zero-order valence-corrected chi connectivity index (χ0v) is 12.9. The van der Waals surface area contributed by atoms with Crippen LogP contribution in [0, 0.1) is 0 Å². The number of anilines is 1. The highest BCUT2D eigenvalue weighted by Gasteiger charge is 2.16. The molecule has 2 aromatic rings. The molecule has 3 heterocycles. The van der Waals surface area contributed by atoms with Gasteiger partial charge in [0.1, 0.15) is 0 Å². The summed E-state index contributed by atoms with van der Waals surface area (Å²) in [6.07, 6.45) is 6.57. The molecular formula is C13H16BrN3OS. The zero-order valence-electron chi connectivity index (χ0n) is 10.5. The minimum absolute atomic E-state index is 0.334. The zero-order chi connectivity index (χ0) is 13.1. The van der Waals surface area contributed by atoms with Gasteiger partial charge in [0.15, 0.2) is 0 Å². The lowest BCUT2D eigenvalue weighted by molar-refractivity contribution is 0.0940. The monoisotopic (exact) mass is 341 g/mol. The van der Waals surface area contributed by atoms with Crippen LogP contribution in [0.2, 0.25) is 0 Å². The van der Waals surface area contributed by atoms with Gasteiger partial charge in [0.2, 0.25) is 0 Å². The van der Waals surface area contributed by atoms with Crippen molar-refractivity contribution in [2.45, 2.75) is 32.0 Å². The van der Waals surface area contributed by atoms with Crippen LogP contribution < -0.4 is 5.32 Å². The molecule has 4 nitrogen and oxygen atoms in total. The molecule has 1 unspecified atom stereocenters. The number of hydrogen-bond donors (Lipinski definition) is 1. The first-order chi connectivity index (χ1) is 9.29. The molecule has 1 N–H and O–H groups in total. The van der Waals surface area contributed by atoms with Crippen molar-refractivity contribution < 1.29 is 4.74 Å². The first-order valence-electron chi connectivity index (χ1n) is 6.40. The maximum Gasteiger partial charge on any atom is 0.0771 e. The molecule has 19 heavy (non-hydrogen) atoms. The fourth-order valence-electron chi connectivity index (χ4n) is 2.19. The third-order valence-electron chi connectivity index (χ3n) is 3.17. The van der Waals surface area contributed by atoms with E-state index in [4.69, 9.17) is 4.74 Å². The molecule has 6 heteroatoms. The molecule has 1 saturated heterocycles. The van der Waals surface area contributed by atoms with Crippen molar-refractivity contribution in [3.8, 4) is 0 Å². The number of ether oxygens (including phenoxy) is 1. The minimum Gasteiger partial charge on any atom is -0.378 e. The highest BCUT2D eigenvalue weighted by Crippen LogP contribution is 2.21. The van der Waals surface area contributed by atoms with Crippen LogP contribution in [0.4, 0.5) is 5.69 Å². The summed E-state index contributed by atoms with van der Waals surface area (Å²) < 4.78 is 8.74. The average molecular weight is 342 g/mol. The van der Waals surface area contributed by atoms with Crippen LogP contribution in [0.5, 0.6) is 0 Å². The molecule has 1 aliphatic rings. The fourth-order valence-corrected chi connectivity index (χ4v) is 3.40. The van der Waals surface area contributed by atoms with Gasteiger partial charge >= 0.3 is 0 Å². The second-order valence-electron chi connectivity index (χ2n) is 4.70. The summed E-state index contributed by atoms with van der Waals surface area (Å²) in [4.78, 5) is 0. The molecular weight excluding hydrogens is 326 g/mol. The maximum absolute atomic E-state index is 5.61. The van der Waals surface area contributed by atoms with Crippen LogP contribution in [0.25, 0.3) is 0 Å². The minimum atomic E-state index is 0.334. The number of hydrogen-bond acceptors (Lipinski definition) is 4. The second-order valence-corrected chi connectivity index (χ2v) is 6.99. The predicted octanol–water partition coefficient (Wildman–Crippen LogP) is 3.50. The third kappa shape index (κ3) is 3.58. The highest BCUT2D eigenvalue weighted by atomic mass is 79.9. The van der Waals surface area contributed by atoms with Gasteiger partial charge in [0.25, 0.3) is 0 Å². The van der Waals surface area contributed by atoms with Gasteiger partial charge in [0, 0.05) is 19.3 Å². The largest absolute Gasteiger partial charge is 0.378 e. The van der Waals surface area contributed by atoms with E-state index in [1.54, 1.807) is 11.3 Å². The lowest BCUT2D eigenvalue weighted by atomic mass is 10.2. The van der Waals surface area contributed by atoms with Crippen LogP contribution >= 0.6 is 27.3 Å². The molecule has 0 spiro atoms. The average Bonchev–Trinajstić information content (AvgIpc) is 3.10. The van der Waals surface area contributed by atoms with Crippen molar-refractivity contribution in [1.29, 1.82) is 0 Å². The molecule has 0 aromatic carbocycles. The van der Waals surface area contributed by atoms with E-state index in [1.165, 1.54) is 15.8 Å². The maximum atomic E-state index is 5.61. The van der Waals surface area contributed by atoms with Gasteiger partial charge in [-0.15, -0.1) is 11.3 Å². The van der Waals surface area contributed by atoms with Crippen molar-refractivity contribution in [1.82, 2.24) is 9.78 Å². The van der Waals surface area contributed by atoms with Gasteiger partial charge < -0.3 is 10.1 Å². The summed E-state index contributed by atoms with van der Waals surface area (Å²) in [7, 11) is 0. The van der Waals surface area contributed by atoms with Crippen molar-refractivity contribution in [3.63, 3.8) is 0 Å². The van der Waals surface area contributed by atoms with Crippen LogP contribution in [0.15, 0.2) is 27.6 Å². The Morgan fingerprint density at radius 1 is 1.58 bits per heavy atom. The standard InChI is InChI=1S/C13H16BrN3OS/c14-13-4-10(9-19-13)5-15-11-6-16-17(7-11)8-12-2-1-3-18-12/h4,6-7,9,12,15H,1-3,5,8H2. The fraction of sp³-hybridized carbons (Fsp3) is 0.462. The molecule has 0 saturated carbocycles. The topological polar surface area (TPSA) is 39.1 Å². The van der Waals surface area contributed by atoms with Gasteiger partial charge in [-0.05, 0) is 45.8 Å². The molecule has 0 amide bonds. The number of thiophene rings is 1. The Kier molecular flexibility index (Phi) is 4.20. The summed E-state index contributed by atoms with van der Waals surface area (Å²) in [5.74, 6) is 0. The van der Waals surface area contributed by atoms with E-state index in [2.05, 4.69) is 37.8 Å². The predicted molar refractivity (Wildman–Crippen MR) is 80.5 cm³/mol. The number of halogens is 1. The number of nitrogens with one attached hydrogen (secondary N) is 1. The van der Waals surface area contributed by atoms with Crippen molar-refractivity contribution in [2.75, 3.05) is 11.9 Å².